The van der Waals surface area contributed by atoms with Crippen molar-refractivity contribution in [2.24, 2.45) is 0 Å². The molecule has 1 N–H and O–H groups in total. The van der Waals surface area contributed by atoms with E-state index in [0.717, 1.165) is 15.4 Å². The van der Waals surface area contributed by atoms with Crippen LogP contribution >= 0.6 is 39.1 Å². The summed E-state index contributed by atoms with van der Waals surface area (Å²) in [5, 5.41) is 12.4. The Labute approximate surface area is 140 Å². The molecule has 0 aliphatic rings. The third-order valence-electron chi connectivity index (χ3n) is 3.30. The number of para-hydroxylation sites is 1. The molecule has 21 heavy (non-hydrogen) atoms. The van der Waals surface area contributed by atoms with Crippen molar-refractivity contribution in [2.45, 2.75) is 12.5 Å². The molecule has 0 saturated heterocycles. The number of hydrogen-bond donors (Lipinski definition) is 1. The molecule has 3 rings (SSSR count). The Morgan fingerprint density at radius 1 is 1.10 bits per heavy atom. The molecule has 1 unspecified atom stereocenters. The minimum atomic E-state index is -0.804. The zero-order chi connectivity index (χ0) is 15.0. The second-order valence-corrected chi connectivity index (χ2v) is 6.40. The van der Waals surface area contributed by atoms with E-state index in [0.29, 0.717) is 27.8 Å². The van der Waals surface area contributed by atoms with Crippen LogP contribution in [0.1, 0.15) is 17.4 Å². The molecule has 0 bridgehead atoms. The molecule has 5 heteroatoms. The van der Waals surface area contributed by atoms with Gasteiger partial charge in [-0.1, -0.05) is 41.4 Å². The Kier molecular flexibility index (Phi) is 4.27. The Morgan fingerprint density at radius 3 is 2.43 bits per heavy atom. The summed E-state index contributed by atoms with van der Waals surface area (Å²) in [5.74, 6) is 0.493. The maximum atomic E-state index is 10.4. The molecule has 0 aliphatic carbocycles. The van der Waals surface area contributed by atoms with Gasteiger partial charge in [-0.15, -0.1) is 0 Å². The van der Waals surface area contributed by atoms with E-state index < -0.39 is 6.10 Å². The molecular weight excluding hydrogens is 375 g/mol. The Bertz CT molecular complexity index is 778. The van der Waals surface area contributed by atoms with E-state index in [2.05, 4.69) is 15.9 Å². The van der Waals surface area contributed by atoms with Crippen LogP contribution in [-0.4, -0.2) is 5.11 Å². The van der Waals surface area contributed by atoms with Crippen molar-refractivity contribution < 1.29 is 9.52 Å². The van der Waals surface area contributed by atoms with Crippen molar-refractivity contribution in [3.05, 3.63) is 68.3 Å². The van der Waals surface area contributed by atoms with Crippen LogP contribution in [0, 0.1) is 0 Å². The number of furan rings is 1. The molecule has 0 amide bonds. The van der Waals surface area contributed by atoms with Gasteiger partial charge in [0.05, 0.1) is 4.47 Å². The zero-order valence-corrected chi connectivity index (χ0v) is 13.9. The molecule has 0 radical (unpaired) electrons. The predicted octanol–water partition coefficient (Wildman–Crippen LogP) is 5.78. The Balaban J connectivity index is 1.94. The molecular formula is C16H11BrCl2O2. The van der Waals surface area contributed by atoms with Gasteiger partial charge < -0.3 is 9.52 Å². The maximum absolute atomic E-state index is 10.4. The number of halogens is 3. The number of hydrogen-bond acceptors (Lipinski definition) is 2. The van der Waals surface area contributed by atoms with E-state index in [-0.39, 0.29) is 0 Å². The van der Waals surface area contributed by atoms with E-state index in [9.17, 15) is 5.11 Å². The molecule has 1 heterocycles. The first-order valence-corrected chi connectivity index (χ1v) is 7.90. The highest BCUT2D eigenvalue weighted by molar-refractivity contribution is 9.10. The lowest BCUT2D eigenvalue weighted by Crippen LogP contribution is -2.01. The summed E-state index contributed by atoms with van der Waals surface area (Å²) in [6, 6.07) is 12.9. The number of benzene rings is 2. The number of rotatable bonds is 3. The summed E-state index contributed by atoms with van der Waals surface area (Å²) in [5.41, 5.74) is 1.43. The van der Waals surface area contributed by atoms with Crippen LogP contribution in [0.5, 0.6) is 0 Å². The van der Waals surface area contributed by atoms with Gasteiger partial charge in [-0.2, -0.15) is 0 Å². The number of aliphatic hydroxyl groups is 1. The van der Waals surface area contributed by atoms with Crippen molar-refractivity contribution in [1.29, 1.82) is 0 Å². The van der Waals surface area contributed by atoms with Crippen LogP contribution in [0.25, 0.3) is 11.0 Å². The first-order chi connectivity index (χ1) is 10.1. The van der Waals surface area contributed by atoms with E-state index in [4.69, 9.17) is 27.6 Å². The van der Waals surface area contributed by atoms with Crippen LogP contribution in [0.2, 0.25) is 10.0 Å². The number of fused-ring (bicyclic) bond motifs is 1. The highest BCUT2D eigenvalue weighted by Gasteiger charge is 2.18. The highest BCUT2D eigenvalue weighted by atomic mass is 79.9. The average Bonchev–Trinajstić information content (AvgIpc) is 2.88. The number of aliphatic hydroxyl groups excluding tert-OH is 1. The second-order valence-electron chi connectivity index (χ2n) is 4.73. The minimum absolute atomic E-state index is 0.302. The van der Waals surface area contributed by atoms with Crippen molar-refractivity contribution in [2.75, 3.05) is 0 Å². The quantitative estimate of drug-likeness (QED) is 0.619. The fraction of sp³-hybridized carbons (Fsp3) is 0.125. The van der Waals surface area contributed by atoms with Crippen molar-refractivity contribution in [3.8, 4) is 0 Å². The molecule has 108 valence electrons. The van der Waals surface area contributed by atoms with Crippen LogP contribution in [0.4, 0.5) is 0 Å². The molecule has 1 aromatic heterocycles. The fourth-order valence-electron chi connectivity index (χ4n) is 2.23. The van der Waals surface area contributed by atoms with Gasteiger partial charge in [0.2, 0.25) is 0 Å². The Morgan fingerprint density at radius 2 is 1.76 bits per heavy atom. The van der Waals surface area contributed by atoms with Crippen LogP contribution in [0.15, 0.2) is 51.4 Å². The molecule has 2 aromatic carbocycles. The Hall–Kier alpha value is -1.00. The molecule has 0 aliphatic heterocycles. The van der Waals surface area contributed by atoms with Gasteiger partial charge in [-0.3, -0.25) is 0 Å². The van der Waals surface area contributed by atoms with Gasteiger partial charge in [0.25, 0.3) is 0 Å². The molecule has 0 spiro atoms. The van der Waals surface area contributed by atoms with Gasteiger partial charge >= 0.3 is 0 Å². The van der Waals surface area contributed by atoms with Gasteiger partial charge in [0.1, 0.15) is 17.4 Å². The second kappa shape index (κ2) is 6.01. The highest BCUT2D eigenvalue weighted by Crippen LogP contribution is 2.33. The average molecular weight is 386 g/mol. The lowest BCUT2D eigenvalue weighted by Gasteiger charge is -2.10. The smallest absolute Gasteiger partial charge is 0.148 e. The predicted molar refractivity (Wildman–Crippen MR) is 89.0 cm³/mol. The van der Waals surface area contributed by atoms with Gasteiger partial charge in [-0.05, 0) is 45.8 Å². The first kappa shape index (κ1) is 14.9. The van der Waals surface area contributed by atoms with E-state index in [1.165, 1.54) is 0 Å². The zero-order valence-electron chi connectivity index (χ0n) is 10.8. The van der Waals surface area contributed by atoms with Crippen LogP contribution in [-0.2, 0) is 6.42 Å². The summed E-state index contributed by atoms with van der Waals surface area (Å²) in [6.45, 7) is 0. The summed E-state index contributed by atoms with van der Waals surface area (Å²) >= 11 is 15.7. The minimum Gasteiger partial charge on any atom is -0.457 e. The van der Waals surface area contributed by atoms with E-state index in [1.807, 2.05) is 24.3 Å². The third kappa shape index (κ3) is 2.97. The SMILES string of the molecule is OC(Cc1c(Cl)cccc1Cl)c1cc2cccc(Br)c2o1. The van der Waals surface area contributed by atoms with Crippen molar-refractivity contribution in [3.63, 3.8) is 0 Å². The summed E-state index contributed by atoms with van der Waals surface area (Å²) in [6.07, 6.45) is -0.502. The maximum Gasteiger partial charge on any atom is 0.148 e. The monoisotopic (exact) mass is 384 g/mol. The van der Waals surface area contributed by atoms with Gasteiger partial charge in [0, 0.05) is 21.9 Å². The van der Waals surface area contributed by atoms with Crippen LogP contribution < -0.4 is 0 Å². The largest absolute Gasteiger partial charge is 0.457 e. The first-order valence-electron chi connectivity index (χ1n) is 6.35. The fourth-order valence-corrected chi connectivity index (χ4v) is 3.25. The molecule has 2 nitrogen and oxygen atoms in total. The lowest BCUT2D eigenvalue weighted by molar-refractivity contribution is 0.152. The summed E-state index contributed by atoms with van der Waals surface area (Å²) in [7, 11) is 0. The molecule has 1 atom stereocenters. The summed E-state index contributed by atoms with van der Waals surface area (Å²) in [4.78, 5) is 0. The lowest BCUT2D eigenvalue weighted by atomic mass is 10.1. The molecule has 0 saturated carbocycles. The van der Waals surface area contributed by atoms with Gasteiger partial charge in [-0.25, -0.2) is 0 Å². The standard InChI is InChI=1S/C16H11BrCl2O2/c17-11-4-1-3-9-7-15(21-16(9)11)14(20)8-10-12(18)5-2-6-13(10)19/h1-7,14,20H,8H2. The third-order valence-corrected chi connectivity index (χ3v) is 4.64. The molecule has 0 fully saturated rings. The van der Waals surface area contributed by atoms with Gasteiger partial charge in [0.15, 0.2) is 0 Å². The topological polar surface area (TPSA) is 33.4 Å². The normalized spacial score (nSPS) is 12.8. The van der Waals surface area contributed by atoms with E-state index in [1.54, 1.807) is 18.2 Å². The van der Waals surface area contributed by atoms with E-state index >= 15 is 0 Å². The molecule has 3 aromatic rings. The van der Waals surface area contributed by atoms with Crippen molar-refractivity contribution >= 4 is 50.1 Å². The summed E-state index contributed by atoms with van der Waals surface area (Å²) < 4.78 is 6.59. The van der Waals surface area contributed by atoms with Crippen LogP contribution in [0.3, 0.4) is 0 Å². The van der Waals surface area contributed by atoms with Crippen molar-refractivity contribution in [1.82, 2.24) is 0 Å².